The number of rotatable bonds is 6. The van der Waals surface area contributed by atoms with Gasteiger partial charge in [0.15, 0.2) is 0 Å². The predicted molar refractivity (Wildman–Crippen MR) is 155 cm³/mol. The molecule has 0 saturated heterocycles. The second kappa shape index (κ2) is 12.7. The van der Waals surface area contributed by atoms with Crippen molar-refractivity contribution in [1.29, 1.82) is 0 Å². The second-order valence-corrected chi connectivity index (χ2v) is 12.8. The molecule has 0 radical (unpaired) electrons. The van der Waals surface area contributed by atoms with Gasteiger partial charge >= 0.3 is 6.03 Å². The van der Waals surface area contributed by atoms with Crippen LogP contribution in [0.2, 0.25) is 0 Å². The van der Waals surface area contributed by atoms with E-state index in [4.69, 9.17) is 9.47 Å². The number of sulfonamides is 1. The van der Waals surface area contributed by atoms with E-state index in [0.717, 1.165) is 12.8 Å². The highest BCUT2D eigenvalue weighted by molar-refractivity contribution is 7.89. The Bertz CT molecular complexity index is 1410. The van der Waals surface area contributed by atoms with Crippen molar-refractivity contribution in [3.63, 3.8) is 0 Å². The number of hydrogen-bond acceptors (Lipinski definition) is 7. The number of ether oxygens (including phenoxy) is 2. The maximum absolute atomic E-state index is 13.7. The van der Waals surface area contributed by atoms with Crippen LogP contribution in [0.4, 0.5) is 10.5 Å². The summed E-state index contributed by atoms with van der Waals surface area (Å²) in [4.78, 5) is 14.5. The number of aliphatic hydroxyl groups is 2. The number of aliphatic hydroxyl groups excluding tert-OH is 1. The van der Waals surface area contributed by atoms with Crippen LogP contribution in [-0.2, 0) is 10.0 Å². The lowest BCUT2D eigenvalue weighted by Crippen LogP contribution is -2.50. The van der Waals surface area contributed by atoms with Gasteiger partial charge in [-0.3, -0.25) is 0 Å². The number of amides is 2. The van der Waals surface area contributed by atoms with Gasteiger partial charge in [-0.05, 0) is 62.9 Å². The van der Waals surface area contributed by atoms with Crippen molar-refractivity contribution in [2.45, 2.75) is 62.2 Å². The summed E-state index contributed by atoms with van der Waals surface area (Å²) < 4.78 is 40.3. The van der Waals surface area contributed by atoms with Gasteiger partial charge in [0.25, 0.3) is 0 Å². The Hall–Kier alpha value is -3.30. The van der Waals surface area contributed by atoms with Gasteiger partial charge in [0.05, 0.1) is 20.3 Å². The third-order valence-corrected chi connectivity index (χ3v) is 9.68. The van der Waals surface area contributed by atoms with E-state index in [1.165, 1.54) is 15.3 Å². The minimum atomic E-state index is -4.02. The molecule has 2 aromatic carbocycles. The molecule has 41 heavy (non-hydrogen) atoms. The minimum absolute atomic E-state index is 0.0386. The van der Waals surface area contributed by atoms with Crippen LogP contribution in [0.5, 0.6) is 11.5 Å². The zero-order chi connectivity index (χ0) is 29.8. The number of anilines is 1. The summed E-state index contributed by atoms with van der Waals surface area (Å²) in [5, 5.41) is 23.4. The molecule has 0 aromatic heterocycles. The standard InChI is InChI=1S/C30H39N3O7S/c1-21-18-33(22(2)20-34)41(37,38)28-11-10-23(12-15-30(36)13-5-6-14-30)16-26(28)40-27(21)19-32(3)29(35)31-24-8-7-9-25(17-24)39-4/h7-11,16-17,21-22,27,34,36H,5-6,13-14,18-20H2,1-4H3,(H,31,35)/t21-,22-,27+/m1/s1. The molecule has 1 aliphatic heterocycles. The average Bonchev–Trinajstić information content (AvgIpc) is 3.39. The third-order valence-electron chi connectivity index (χ3n) is 7.66. The van der Waals surface area contributed by atoms with Crippen molar-refractivity contribution in [3.05, 3.63) is 48.0 Å². The Kier molecular flexibility index (Phi) is 9.49. The highest BCUT2D eigenvalue weighted by atomic mass is 32.2. The van der Waals surface area contributed by atoms with E-state index in [-0.39, 0.29) is 42.3 Å². The molecule has 4 rings (SSSR count). The van der Waals surface area contributed by atoms with Crippen molar-refractivity contribution in [2.24, 2.45) is 5.92 Å². The highest BCUT2D eigenvalue weighted by Crippen LogP contribution is 2.35. The topological polar surface area (TPSA) is 129 Å². The van der Waals surface area contributed by atoms with Crippen LogP contribution in [0.3, 0.4) is 0 Å². The quantitative estimate of drug-likeness (QED) is 0.444. The molecule has 2 amide bonds. The van der Waals surface area contributed by atoms with Gasteiger partial charge in [0, 0.05) is 42.9 Å². The third kappa shape index (κ3) is 7.13. The van der Waals surface area contributed by atoms with E-state index < -0.39 is 27.8 Å². The van der Waals surface area contributed by atoms with Gasteiger partial charge < -0.3 is 29.9 Å². The van der Waals surface area contributed by atoms with Crippen molar-refractivity contribution in [1.82, 2.24) is 9.21 Å². The smallest absolute Gasteiger partial charge is 0.321 e. The van der Waals surface area contributed by atoms with Gasteiger partial charge in [-0.15, -0.1) is 0 Å². The van der Waals surface area contributed by atoms with Crippen LogP contribution in [0, 0.1) is 17.8 Å². The van der Waals surface area contributed by atoms with E-state index in [2.05, 4.69) is 17.2 Å². The lowest BCUT2D eigenvalue weighted by Gasteiger charge is -2.37. The van der Waals surface area contributed by atoms with Crippen LogP contribution in [0.15, 0.2) is 47.4 Å². The molecule has 0 bridgehead atoms. The number of nitrogens with zero attached hydrogens (tertiary/aromatic N) is 2. The fourth-order valence-corrected chi connectivity index (χ4v) is 6.89. The summed E-state index contributed by atoms with van der Waals surface area (Å²) in [6.45, 7) is 3.41. The summed E-state index contributed by atoms with van der Waals surface area (Å²) in [5.41, 5.74) is 0.0389. The van der Waals surface area contributed by atoms with Crippen molar-refractivity contribution >= 4 is 21.7 Å². The van der Waals surface area contributed by atoms with Crippen LogP contribution < -0.4 is 14.8 Å². The molecule has 1 aliphatic carbocycles. The molecule has 0 spiro atoms. The summed E-state index contributed by atoms with van der Waals surface area (Å²) in [5.74, 6) is 6.33. The van der Waals surface area contributed by atoms with Crippen molar-refractivity contribution in [3.8, 4) is 23.3 Å². The fraction of sp³-hybridized carbons (Fsp3) is 0.500. The molecule has 2 aliphatic rings. The molecule has 3 N–H and O–H groups in total. The normalized spacial score (nSPS) is 22.1. The number of benzene rings is 2. The van der Waals surface area contributed by atoms with Crippen LogP contribution in [0.25, 0.3) is 0 Å². The number of carbonyl (C=O) groups is 1. The van der Waals surface area contributed by atoms with Gasteiger partial charge in [-0.2, -0.15) is 4.31 Å². The molecule has 3 atom stereocenters. The Morgan fingerprint density at radius 3 is 2.68 bits per heavy atom. The molecule has 10 nitrogen and oxygen atoms in total. The van der Waals surface area contributed by atoms with Gasteiger partial charge in [0.2, 0.25) is 10.0 Å². The first-order valence-corrected chi connectivity index (χ1v) is 15.2. The summed E-state index contributed by atoms with van der Waals surface area (Å²) >= 11 is 0. The van der Waals surface area contributed by atoms with E-state index in [1.54, 1.807) is 57.5 Å². The number of likely N-dealkylation sites (N-methyl/N-ethyl adjacent to an activating group) is 1. The highest BCUT2D eigenvalue weighted by Gasteiger charge is 2.38. The van der Waals surface area contributed by atoms with E-state index in [0.29, 0.717) is 29.8 Å². The molecular weight excluding hydrogens is 546 g/mol. The molecule has 0 unspecified atom stereocenters. The summed E-state index contributed by atoms with van der Waals surface area (Å²) in [6, 6.07) is 10.6. The largest absolute Gasteiger partial charge is 0.497 e. The molecule has 222 valence electrons. The first-order valence-electron chi connectivity index (χ1n) is 13.8. The molecule has 2 aromatic rings. The summed E-state index contributed by atoms with van der Waals surface area (Å²) in [6.07, 6.45) is 2.45. The number of methoxy groups -OCH3 is 1. The molecule has 1 fully saturated rings. The Morgan fingerprint density at radius 2 is 2.00 bits per heavy atom. The zero-order valence-corrected chi connectivity index (χ0v) is 24.8. The van der Waals surface area contributed by atoms with E-state index in [9.17, 15) is 23.4 Å². The van der Waals surface area contributed by atoms with Crippen LogP contribution >= 0.6 is 0 Å². The van der Waals surface area contributed by atoms with Crippen molar-refractivity contribution in [2.75, 3.05) is 39.2 Å². The van der Waals surface area contributed by atoms with Crippen LogP contribution in [0.1, 0.15) is 45.1 Å². The SMILES string of the molecule is COc1cccc(NC(=O)N(C)C[C@@H]2Oc3cc(C#CC4(O)CCCC4)ccc3S(=O)(=O)N([C@H](C)CO)C[C@H]2C)c1. The number of fused-ring (bicyclic) bond motifs is 1. The Labute approximate surface area is 242 Å². The summed E-state index contributed by atoms with van der Waals surface area (Å²) in [7, 11) is -0.828. The number of hydrogen-bond donors (Lipinski definition) is 3. The maximum Gasteiger partial charge on any atom is 0.321 e. The Balaban J connectivity index is 1.64. The Morgan fingerprint density at radius 1 is 1.27 bits per heavy atom. The predicted octanol–water partition coefficient (Wildman–Crippen LogP) is 3.28. The lowest BCUT2D eigenvalue weighted by molar-refractivity contribution is 0.0830. The average molecular weight is 586 g/mol. The number of carbonyl (C=O) groups excluding carboxylic acids is 1. The zero-order valence-electron chi connectivity index (χ0n) is 24.0. The van der Waals surface area contributed by atoms with Crippen molar-refractivity contribution < 1.29 is 32.9 Å². The van der Waals surface area contributed by atoms with Gasteiger partial charge in [0.1, 0.15) is 28.1 Å². The van der Waals surface area contributed by atoms with Gasteiger partial charge in [-0.1, -0.05) is 24.8 Å². The maximum atomic E-state index is 13.7. The first-order chi connectivity index (χ1) is 19.5. The second-order valence-electron chi connectivity index (χ2n) is 10.9. The minimum Gasteiger partial charge on any atom is -0.497 e. The number of nitrogens with one attached hydrogen (secondary N) is 1. The first kappa shape index (κ1) is 30.7. The monoisotopic (exact) mass is 585 g/mol. The lowest BCUT2D eigenvalue weighted by atomic mass is 10.0. The van der Waals surface area contributed by atoms with Gasteiger partial charge in [-0.25, -0.2) is 13.2 Å². The molecule has 11 heteroatoms. The fourth-order valence-electron chi connectivity index (χ4n) is 5.07. The van der Waals surface area contributed by atoms with E-state index >= 15 is 0 Å². The molecular formula is C30H39N3O7S. The van der Waals surface area contributed by atoms with Crippen LogP contribution in [-0.4, -0.2) is 85.5 Å². The molecule has 1 saturated carbocycles. The molecule has 1 heterocycles. The number of urea groups is 1. The van der Waals surface area contributed by atoms with E-state index in [1.807, 2.05) is 6.92 Å².